The van der Waals surface area contributed by atoms with Crippen LogP contribution in [0.1, 0.15) is 17.2 Å². The van der Waals surface area contributed by atoms with Crippen molar-refractivity contribution in [2.45, 2.75) is 24.3 Å². The van der Waals surface area contributed by atoms with Gasteiger partial charge in [0.1, 0.15) is 0 Å². The molecule has 0 fully saturated rings. The van der Waals surface area contributed by atoms with E-state index in [4.69, 9.17) is 0 Å². The molecule has 1 aliphatic heterocycles. The number of nitrogens with zero attached hydrogens (tertiary/aromatic N) is 4. The molecule has 2 heterocycles. The van der Waals surface area contributed by atoms with Gasteiger partial charge in [0.15, 0.2) is 0 Å². The highest BCUT2D eigenvalue weighted by Crippen LogP contribution is 2.37. The SMILES string of the molecule is Cc1c([N+](=O)[O-])cccc1S(=O)(=O)N1CC(n2ccnc2)Cc2ccccc21. The number of rotatable bonds is 4. The molecule has 0 bridgehead atoms. The minimum atomic E-state index is -3.99. The van der Waals surface area contributed by atoms with E-state index in [1.807, 2.05) is 22.9 Å². The molecule has 8 nitrogen and oxygen atoms in total. The molecule has 1 aromatic heterocycles. The van der Waals surface area contributed by atoms with E-state index in [9.17, 15) is 18.5 Å². The fourth-order valence-corrected chi connectivity index (χ4v) is 5.43. The van der Waals surface area contributed by atoms with Gasteiger partial charge in [0, 0.05) is 24.0 Å². The van der Waals surface area contributed by atoms with Crippen molar-refractivity contribution in [3.8, 4) is 0 Å². The highest BCUT2D eigenvalue weighted by atomic mass is 32.2. The summed E-state index contributed by atoms with van der Waals surface area (Å²) in [4.78, 5) is 14.7. The molecule has 0 saturated carbocycles. The first-order chi connectivity index (χ1) is 13.4. The van der Waals surface area contributed by atoms with Crippen molar-refractivity contribution in [1.82, 2.24) is 9.55 Å². The van der Waals surface area contributed by atoms with Gasteiger partial charge < -0.3 is 4.57 Å². The molecule has 9 heteroatoms. The van der Waals surface area contributed by atoms with E-state index < -0.39 is 14.9 Å². The molecule has 1 atom stereocenters. The molecule has 0 spiro atoms. The Balaban J connectivity index is 1.85. The van der Waals surface area contributed by atoms with Gasteiger partial charge in [-0.1, -0.05) is 24.3 Å². The van der Waals surface area contributed by atoms with Gasteiger partial charge in [0.2, 0.25) is 0 Å². The summed E-state index contributed by atoms with van der Waals surface area (Å²) in [6.07, 6.45) is 5.81. The number of hydrogen-bond acceptors (Lipinski definition) is 5. The first-order valence-electron chi connectivity index (χ1n) is 8.71. The van der Waals surface area contributed by atoms with Crippen molar-refractivity contribution in [3.05, 3.63) is 82.4 Å². The molecule has 3 aromatic rings. The summed E-state index contributed by atoms with van der Waals surface area (Å²) in [6.45, 7) is 1.69. The van der Waals surface area contributed by atoms with Crippen molar-refractivity contribution >= 4 is 21.4 Å². The van der Waals surface area contributed by atoms with E-state index in [0.29, 0.717) is 12.1 Å². The highest BCUT2D eigenvalue weighted by Gasteiger charge is 2.35. The zero-order valence-corrected chi connectivity index (χ0v) is 15.9. The van der Waals surface area contributed by atoms with Crippen LogP contribution in [0, 0.1) is 17.0 Å². The second kappa shape index (κ2) is 6.75. The Labute approximate surface area is 162 Å². The van der Waals surface area contributed by atoms with Gasteiger partial charge in [-0.25, -0.2) is 13.4 Å². The van der Waals surface area contributed by atoms with E-state index in [1.54, 1.807) is 24.7 Å². The molecule has 0 amide bonds. The van der Waals surface area contributed by atoms with E-state index in [2.05, 4.69) is 4.98 Å². The lowest BCUT2D eigenvalue weighted by atomic mass is 10.00. The molecule has 0 radical (unpaired) electrons. The van der Waals surface area contributed by atoms with Crippen LogP contribution in [0.5, 0.6) is 0 Å². The van der Waals surface area contributed by atoms with Crippen molar-refractivity contribution in [2.24, 2.45) is 0 Å². The monoisotopic (exact) mass is 398 g/mol. The number of imidazole rings is 1. The van der Waals surface area contributed by atoms with Crippen LogP contribution < -0.4 is 4.31 Å². The van der Waals surface area contributed by atoms with Gasteiger partial charge in [0.25, 0.3) is 15.7 Å². The van der Waals surface area contributed by atoms with Crippen LogP contribution in [-0.4, -0.2) is 29.4 Å². The van der Waals surface area contributed by atoms with Crippen LogP contribution in [0.4, 0.5) is 11.4 Å². The minimum Gasteiger partial charge on any atom is -0.332 e. The lowest BCUT2D eigenvalue weighted by molar-refractivity contribution is -0.385. The highest BCUT2D eigenvalue weighted by molar-refractivity contribution is 7.92. The van der Waals surface area contributed by atoms with E-state index >= 15 is 0 Å². The van der Waals surface area contributed by atoms with Crippen molar-refractivity contribution < 1.29 is 13.3 Å². The molecule has 4 rings (SSSR count). The quantitative estimate of drug-likeness (QED) is 0.497. The van der Waals surface area contributed by atoms with Gasteiger partial charge in [-0.2, -0.15) is 0 Å². The second-order valence-electron chi connectivity index (χ2n) is 6.69. The summed E-state index contributed by atoms with van der Waals surface area (Å²) in [5, 5.41) is 11.3. The number of sulfonamides is 1. The van der Waals surface area contributed by atoms with E-state index in [-0.39, 0.29) is 28.7 Å². The first-order valence-corrected chi connectivity index (χ1v) is 10.2. The average molecular weight is 398 g/mol. The zero-order valence-electron chi connectivity index (χ0n) is 15.1. The normalized spacial score (nSPS) is 16.6. The summed E-state index contributed by atoms with van der Waals surface area (Å²) in [5.74, 6) is 0. The van der Waals surface area contributed by atoms with Crippen LogP contribution in [0.15, 0.2) is 66.1 Å². The fraction of sp³-hybridized carbons (Fsp3) is 0.211. The smallest absolute Gasteiger partial charge is 0.273 e. The van der Waals surface area contributed by atoms with Gasteiger partial charge in [-0.3, -0.25) is 14.4 Å². The van der Waals surface area contributed by atoms with Crippen LogP contribution in [-0.2, 0) is 16.4 Å². The number of nitro groups is 1. The first kappa shape index (κ1) is 18.2. The maximum absolute atomic E-state index is 13.5. The Morgan fingerprint density at radius 3 is 2.68 bits per heavy atom. The number of nitro benzene ring substituents is 1. The molecule has 144 valence electrons. The van der Waals surface area contributed by atoms with Crippen LogP contribution in [0.3, 0.4) is 0 Å². The molecule has 0 N–H and O–H groups in total. The van der Waals surface area contributed by atoms with E-state index in [0.717, 1.165) is 5.56 Å². The topological polar surface area (TPSA) is 98.3 Å². The number of benzene rings is 2. The molecule has 0 aliphatic carbocycles. The zero-order chi connectivity index (χ0) is 19.9. The third-order valence-corrected chi connectivity index (χ3v) is 6.98. The Hall–Kier alpha value is -3.20. The maximum atomic E-state index is 13.5. The maximum Gasteiger partial charge on any atom is 0.273 e. The Kier molecular flexibility index (Phi) is 4.38. The summed E-state index contributed by atoms with van der Waals surface area (Å²) in [6, 6.07) is 11.4. The van der Waals surface area contributed by atoms with Crippen LogP contribution in [0.25, 0.3) is 0 Å². The number of anilines is 1. The molecule has 28 heavy (non-hydrogen) atoms. The third kappa shape index (κ3) is 2.93. The summed E-state index contributed by atoms with van der Waals surface area (Å²) in [5.41, 5.74) is 1.43. The standard InChI is InChI=1S/C19H18N4O4S/c1-14-17(23(24)25)7-4-8-19(14)28(26,27)22-12-16(21-10-9-20-13-21)11-15-5-2-3-6-18(15)22/h2-10,13,16H,11-12H2,1H3. The lowest BCUT2D eigenvalue weighted by Gasteiger charge is -2.36. The predicted octanol–water partition coefficient (Wildman–Crippen LogP) is 3.09. The van der Waals surface area contributed by atoms with Crippen molar-refractivity contribution in [1.29, 1.82) is 0 Å². The molecule has 0 saturated heterocycles. The van der Waals surface area contributed by atoms with Crippen LogP contribution >= 0.6 is 0 Å². The van der Waals surface area contributed by atoms with Crippen LogP contribution in [0.2, 0.25) is 0 Å². The Morgan fingerprint density at radius 2 is 1.96 bits per heavy atom. The second-order valence-corrected chi connectivity index (χ2v) is 8.52. The van der Waals surface area contributed by atoms with Gasteiger partial charge in [-0.15, -0.1) is 0 Å². The summed E-state index contributed by atoms with van der Waals surface area (Å²) in [7, 11) is -3.99. The average Bonchev–Trinajstić information content (AvgIpc) is 3.21. The minimum absolute atomic E-state index is 0.0530. The lowest BCUT2D eigenvalue weighted by Crippen LogP contribution is -2.40. The Morgan fingerprint density at radius 1 is 1.18 bits per heavy atom. The van der Waals surface area contributed by atoms with Gasteiger partial charge in [-0.05, 0) is 31.0 Å². The van der Waals surface area contributed by atoms with Gasteiger partial charge in [0.05, 0.1) is 34.4 Å². The van der Waals surface area contributed by atoms with E-state index in [1.165, 1.54) is 29.4 Å². The largest absolute Gasteiger partial charge is 0.332 e. The fourth-order valence-electron chi connectivity index (χ4n) is 3.65. The van der Waals surface area contributed by atoms with Crippen molar-refractivity contribution in [2.75, 3.05) is 10.8 Å². The number of para-hydroxylation sites is 1. The molecule has 1 aliphatic rings. The summed E-state index contributed by atoms with van der Waals surface area (Å²) < 4.78 is 30.3. The Bertz CT molecular complexity index is 1140. The summed E-state index contributed by atoms with van der Waals surface area (Å²) >= 11 is 0. The predicted molar refractivity (Wildman–Crippen MR) is 104 cm³/mol. The molecular weight excluding hydrogens is 380 g/mol. The van der Waals surface area contributed by atoms with Gasteiger partial charge >= 0.3 is 0 Å². The molecule has 2 aromatic carbocycles. The molecular formula is C19H18N4O4S. The number of hydrogen-bond donors (Lipinski definition) is 0. The number of aromatic nitrogens is 2. The van der Waals surface area contributed by atoms with Crippen molar-refractivity contribution in [3.63, 3.8) is 0 Å². The third-order valence-electron chi connectivity index (χ3n) is 5.06. The molecule has 1 unspecified atom stereocenters. The number of fused-ring (bicyclic) bond motifs is 1.